The lowest BCUT2D eigenvalue weighted by atomic mass is 10.1. The molecule has 1 aliphatic rings. The number of thioether (sulfide) groups is 1. The standard InChI is InChI=1S/C13H18N2O2S/c14-15-13(16)11-3-1-2-10(8-11)9-18-12-4-6-17-7-5-12/h1-3,8,12H,4-7,9,14H2,(H,15,16). The third-order valence-electron chi connectivity index (χ3n) is 2.97. The Labute approximate surface area is 111 Å². The molecular formula is C13H18N2O2S. The van der Waals surface area contributed by atoms with Crippen molar-refractivity contribution in [2.24, 2.45) is 5.84 Å². The van der Waals surface area contributed by atoms with Gasteiger partial charge in [0.05, 0.1) is 0 Å². The molecule has 0 spiro atoms. The van der Waals surface area contributed by atoms with Crippen molar-refractivity contribution >= 4 is 17.7 Å². The zero-order valence-corrected chi connectivity index (χ0v) is 11.0. The van der Waals surface area contributed by atoms with Crippen LogP contribution >= 0.6 is 11.8 Å². The van der Waals surface area contributed by atoms with Gasteiger partial charge in [0, 0.05) is 29.8 Å². The maximum Gasteiger partial charge on any atom is 0.265 e. The lowest BCUT2D eigenvalue weighted by Crippen LogP contribution is -2.29. The Kier molecular flexibility index (Phi) is 5.04. The topological polar surface area (TPSA) is 64.3 Å². The Morgan fingerprint density at radius 3 is 2.94 bits per heavy atom. The van der Waals surface area contributed by atoms with Gasteiger partial charge in [-0.05, 0) is 30.5 Å². The highest BCUT2D eigenvalue weighted by molar-refractivity contribution is 7.99. The van der Waals surface area contributed by atoms with E-state index in [0.717, 1.165) is 37.4 Å². The first-order valence-electron chi connectivity index (χ1n) is 6.09. The summed E-state index contributed by atoms with van der Waals surface area (Å²) in [6.07, 6.45) is 2.24. The van der Waals surface area contributed by atoms with Gasteiger partial charge in [0.1, 0.15) is 0 Å². The molecule has 0 radical (unpaired) electrons. The van der Waals surface area contributed by atoms with Gasteiger partial charge in [-0.25, -0.2) is 5.84 Å². The van der Waals surface area contributed by atoms with Crippen LogP contribution in [0, 0.1) is 0 Å². The molecule has 1 aromatic rings. The number of amides is 1. The van der Waals surface area contributed by atoms with E-state index in [1.807, 2.05) is 30.0 Å². The van der Waals surface area contributed by atoms with Gasteiger partial charge in [0.25, 0.3) is 5.91 Å². The number of hydrogen-bond donors (Lipinski definition) is 2. The normalized spacial score (nSPS) is 16.5. The van der Waals surface area contributed by atoms with E-state index in [9.17, 15) is 4.79 Å². The van der Waals surface area contributed by atoms with Crippen molar-refractivity contribution < 1.29 is 9.53 Å². The van der Waals surface area contributed by atoms with Crippen LogP contribution in [0.15, 0.2) is 24.3 Å². The van der Waals surface area contributed by atoms with Crippen LogP contribution < -0.4 is 11.3 Å². The summed E-state index contributed by atoms with van der Waals surface area (Å²) in [5.74, 6) is 5.81. The van der Waals surface area contributed by atoms with Crippen LogP contribution in [0.4, 0.5) is 0 Å². The summed E-state index contributed by atoms with van der Waals surface area (Å²) in [6, 6.07) is 7.60. The minimum Gasteiger partial charge on any atom is -0.381 e. The zero-order valence-electron chi connectivity index (χ0n) is 10.2. The average molecular weight is 266 g/mol. The van der Waals surface area contributed by atoms with Crippen LogP contribution in [0.25, 0.3) is 0 Å². The fraction of sp³-hybridized carbons (Fsp3) is 0.462. The molecule has 5 heteroatoms. The van der Waals surface area contributed by atoms with Crippen molar-refractivity contribution in [1.82, 2.24) is 5.43 Å². The van der Waals surface area contributed by atoms with Gasteiger partial charge in [0.15, 0.2) is 0 Å². The van der Waals surface area contributed by atoms with Crippen LogP contribution in [0.1, 0.15) is 28.8 Å². The van der Waals surface area contributed by atoms with E-state index in [0.29, 0.717) is 10.8 Å². The number of rotatable bonds is 4. The molecule has 0 aliphatic carbocycles. The molecule has 1 saturated heterocycles. The molecule has 0 unspecified atom stereocenters. The number of carbonyl (C=O) groups is 1. The van der Waals surface area contributed by atoms with Gasteiger partial charge in [0.2, 0.25) is 0 Å². The van der Waals surface area contributed by atoms with E-state index in [1.165, 1.54) is 0 Å². The SMILES string of the molecule is NNC(=O)c1cccc(CSC2CCOCC2)c1. The predicted octanol–water partition coefficient (Wildman–Crippen LogP) is 1.70. The molecule has 1 aromatic carbocycles. The third kappa shape index (κ3) is 3.73. The second-order valence-corrected chi connectivity index (χ2v) is 5.59. The minimum absolute atomic E-state index is 0.243. The van der Waals surface area contributed by atoms with Crippen LogP contribution in [-0.2, 0) is 10.5 Å². The molecule has 1 heterocycles. The van der Waals surface area contributed by atoms with Crippen LogP contribution in [0.5, 0.6) is 0 Å². The summed E-state index contributed by atoms with van der Waals surface area (Å²) in [5, 5.41) is 0.672. The van der Waals surface area contributed by atoms with Gasteiger partial charge in [-0.15, -0.1) is 0 Å². The zero-order chi connectivity index (χ0) is 12.8. The number of ether oxygens (including phenoxy) is 1. The molecule has 0 aromatic heterocycles. The number of hydrazine groups is 1. The highest BCUT2D eigenvalue weighted by atomic mass is 32.2. The molecule has 98 valence electrons. The second kappa shape index (κ2) is 6.78. The van der Waals surface area contributed by atoms with Crippen molar-refractivity contribution in [3.63, 3.8) is 0 Å². The summed E-state index contributed by atoms with van der Waals surface area (Å²) in [4.78, 5) is 11.4. The lowest BCUT2D eigenvalue weighted by molar-refractivity contribution is 0.0953. The molecule has 2 rings (SSSR count). The van der Waals surface area contributed by atoms with Crippen LogP contribution in [-0.4, -0.2) is 24.4 Å². The summed E-state index contributed by atoms with van der Waals surface area (Å²) in [6.45, 7) is 1.74. The molecule has 0 atom stereocenters. The van der Waals surface area contributed by atoms with Crippen molar-refractivity contribution in [1.29, 1.82) is 0 Å². The number of carbonyl (C=O) groups excluding carboxylic acids is 1. The first-order valence-corrected chi connectivity index (χ1v) is 7.13. The van der Waals surface area contributed by atoms with Crippen molar-refractivity contribution in [2.45, 2.75) is 23.8 Å². The van der Waals surface area contributed by atoms with Crippen molar-refractivity contribution in [2.75, 3.05) is 13.2 Å². The Hall–Kier alpha value is -1.04. The summed E-state index contributed by atoms with van der Waals surface area (Å²) < 4.78 is 5.34. The van der Waals surface area contributed by atoms with E-state index >= 15 is 0 Å². The second-order valence-electron chi connectivity index (χ2n) is 4.30. The first kappa shape index (κ1) is 13.4. The number of hydrogen-bond acceptors (Lipinski definition) is 4. The highest BCUT2D eigenvalue weighted by Crippen LogP contribution is 2.25. The molecule has 4 nitrogen and oxygen atoms in total. The fourth-order valence-corrected chi connectivity index (χ4v) is 3.08. The number of nitrogen functional groups attached to an aromatic ring is 1. The number of nitrogens with two attached hydrogens (primary N) is 1. The summed E-state index contributed by atoms with van der Waals surface area (Å²) in [7, 11) is 0. The van der Waals surface area contributed by atoms with Crippen molar-refractivity contribution in [3.8, 4) is 0 Å². The first-order chi connectivity index (χ1) is 8.79. The highest BCUT2D eigenvalue weighted by Gasteiger charge is 2.14. The largest absolute Gasteiger partial charge is 0.381 e. The third-order valence-corrected chi connectivity index (χ3v) is 4.42. The van der Waals surface area contributed by atoms with Gasteiger partial charge >= 0.3 is 0 Å². The Balaban J connectivity index is 1.90. The summed E-state index contributed by atoms with van der Waals surface area (Å²) in [5.41, 5.74) is 3.92. The molecule has 3 N–H and O–H groups in total. The average Bonchev–Trinajstić information content (AvgIpc) is 2.45. The Morgan fingerprint density at radius 1 is 1.44 bits per heavy atom. The minimum atomic E-state index is -0.243. The molecule has 18 heavy (non-hydrogen) atoms. The number of nitrogens with one attached hydrogen (secondary N) is 1. The molecule has 1 amide bonds. The lowest BCUT2D eigenvalue weighted by Gasteiger charge is -2.21. The smallest absolute Gasteiger partial charge is 0.265 e. The molecule has 0 saturated carbocycles. The fourth-order valence-electron chi connectivity index (χ4n) is 1.94. The van der Waals surface area contributed by atoms with E-state index in [-0.39, 0.29) is 5.91 Å². The van der Waals surface area contributed by atoms with Gasteiger partial charge < -0.3 is 4.74 Å². The van der Waals surface area contributed by atoms with E-state index in [4.69, 9.17) is 10.6 Å². The monoisotopic (exact) mass is 266 g/mol. The van der Waals surface area contributed by atoms with Crippen molar-refractivity contribution in [3.05, 3.63) is 35.4 Å². The molecular weight excluding hydrogens is 248 g/mol. The predicted molar refractivity (Wildman–Crippen MR) is 73.2 cm³/mol. The van der Waals surface area contributed by atoms with Gasteiger partial charge in [-0.1, -0.05) is 12.1 Å². The Morgan fingerprint density at radius 2 is 2.22 bits per heavy atom. The van der Waals surface area contributed by atoms with Gasteiger partial charge in [-0.3, -0.25) is 10.2 Å². The maximum atomic E-state index is 11.4. The summed E-state index contributed by atoms with van der Waals surface area (Å²) >= 11 is 1.94. The molecule has 1 aliphatic heterocycles. The van der Waals surface area contributed by atoms with Gasteiger partial charge in [-0.2, -0.15) is 11.8 Å². The van der Waals surface area contributed by atoms with E-state index < -0.39 is 0 Å². The van der Waals surface area contributed by atoms with Crippen LogP contribution in [0.3, 0.4) is 0 Å². The Bertz CT molecular complexity index is 406. The maximum absolute atomic E-state index is 11.4. The number of benzene rings is 1. The molecule has 1 fully saturated rings. The quantitative estimate of drug-likeness (QED) is 0.494. The van der Waals surface area contributed by atoms with E-state index in [1.54, 1.807) is 6.07 Å². The van der Waals surface area contributed by atoms with Crippen LogP contribution in [0.2, 0.25) is 0 Å². The molecule has 0 bridgehead atoms. The van der Waals surface area contributed by atoms with E-state index in [2.05, 4.69) is 5.43 Å².